The molecule has 1 heterocycles. The Morgan fingerprint density at radius 1 is 1.26 bits per heavy atom. The van der Waals surface area contributed by atoms with E-state index in [1.165, 1.54) is 12.1 Å². The quantitative estimate of drug-likeness (QED) is 0.578. The third kappa shape index (κ3) is 2.50. The molecule has 1 nitrogen and oxygen atoms in total. The van der Waals surface area contributed by atoms with Crippen LogP contribution in [0, 0.1) is 0 Å². The maximum absolute atomic E-state index is 13.2. The molecule has 0 spiro atoms. The van der Waals surface area contributed by atoms with Crippen LogP contribution in [0.25, 0.3) is 0 Å². The molecule has 1 aliphatic rings. The Hall–Kier alpha value is -1.04. The summed E-state index contributed by atoms with van der Waals surface area (Å²) in [5.74, 6) is -4.48. The fraction of sp³-hybridized carbons (Fsp3) is 0.500. The average Bonchev–Trinajstić information content (AvgIpc) is 2.65. The summed E-state index contributed by atoms with van der Waals surface area (Å²) in [6, 6.07) is 3.75. The normalized spacial score (nSPS) is 20.9. The number of hydrogen-bond donors (Lipinski definition) is 0. The Morgan fingerprint density at radius 3 is 2.47 bits per heavy atom. The largest absolute Gasteiger partial charge is 0.490 e. The van der Waals surface area contributed by atoms with Gasteiger partial charge in [-0.1, -0.05) is 12.1 Å². The van der Waals surface area contributed by atoms with Crippen molar-refractivity contribution in [1.82, 2.24) is 0 Å². The van der Waals surface area contributed by atoms with Gasteiger partial charge in [-0.05, 0) is 24.1 Å². The van der Waals surface area contributed by atoms with Gasteiger partial charge in [-0.3, -0.25) is 0 Å². The molecule has 0 aromatic heterocycles. The third-order valence-corrected chi connectivity index (χ3v) is 3.44. The minimum absolute atomic E-state index is 0.123. The Labute approximate surface area is 111 Å². The first-order valence-electron chi connectivity index (χ1n) is 5.51. The van der Waals surface area contributed by atoms with Crippen molar-refractivity contribution >= 4 is 11.6 Å². The molecule has 1 aromatic rings. The van der Waals surface area contributed by atoms with Crippen molar-refractivity contribution in [3.05, 3.63) is 29.3 Å². The van der Waals surface area contributed by atoms with Gasteiger partial charge in [0.15, 0.2) is 0 Å². The molecular formula is C12H10ClF5O. The first-order valence-corrected chi connectivity index (χ1v) is 5.94. The molecular weight excluding hydrogens is 291 g/mol. The smallest absolute Gasteiger partial charge is 0.455 e. The van der Waals surface area contributed by atoms with E-state index < -0.39 is 17.5 Å². The molecule has 0 saturated carbocycles. The maximum atomic E-state index is 13.2. The van der Waals surface area contributed by atoms with Crippen LogP contribution in [0.2, 0.25) is 0 Å². The van der Waals surface area contributed by atoms with Gasteiger partial charge in [0, 0.05) is 6.42 Å². The van der Waals surface area contributed by atoms with Crippen LogP contribution < -0.4 is 4.74 Å². The lowest BCUT2D eigenvalue weighted by molar-refractivity contribution is -0.283. The fourth-order valence-electron chi connectivity index (χ4n) is 1.95. The van der Waals surface area contributed by atoms with Gasteiger partial charge in [-0.15, -0.1) is 11.6 Å². The van der Waals surface area contributed by atoms with Gasteiger partial charge >= 0.3 is 12.1 Å². The lowest BCUT2D eigenvalue weighted by Gasteiger charge is -2.24. The fourth-order valence-corrected chi connectivity index (χ4v) is 2.21. The second-order valence-electron chi connectivity index (χ2n) is 4.48. The summed E-state index contributed by atoms with van der Waals surface area (Å²) in [5.41, 5.74) is 0.328. The van der Waals surface area contributed by atoms with E-state index >= 15 is 0 Å². The van der Waals surface area contributed by atoms with E-state index in [0.717, 1.165) is 6.07 Å². The van der Waals surface area contributed by atoms with E-state index in [-0.39, 0.29) is 11.7 Å². The third-order valence-electron chi connectivity index (χ3n) is 2.91. The zero-order chi connectivity index (χ0) is 14.4. The Kier molecular flexibility index (Phi) is 3.41. The van der Waals surface area contributed by atoms with Crippen LogP contribution in [0.4, 0.5) is 22.0 Å². The van der Waals surface area contributed by atoms with Gasteiger partial charge < -0.3 is 4.74 Å². The van der Waals surface area contributed by atoms with Gasteiger partial charge in [-0.25, -0.2) is 0 Å². The number of halogens is 6. The zero-order valence-electron chi connectivity index (χ0n) is 9.77. The zero-order valence-corrected chi connectivity index (χ0v) is 10.5. The number of benzene rings is 1. The Balaban J connectivity index is 2.31. The molecule has 0 fully saturated rings. The summed E-state index contributed by atoms with van der Waals surface area (Å²) < 4.78 is 68.4. The van der Waals surface area contributed by atoms with Crippen molar-refractivity contribution in [1.29, 1.82) is 0 Å². The lowest BCUT2D eigenvalue weighted by atomic mass is 10.0. The van der Waals surface area contributed by atoms with Gasteiger partial charge in [0.2, 0.25) is 0 Å². The van der Waals surface area contributed by atoms with Crippen molar-refractivity contribution in [2.75, 3.05) is 0 Å². The monoisotopic (exact) mass is 300 g/mol. The molecule has 0 radical (unpaired) electrons. The van der Waals surface area contributed by atoms with Crippen LogP contribution in [-0.2, 0) is 6.42 Å². The molecule has 2 rings (SSSR count). The van der Waals surface area contributed by atoms with Crippen molar-refractivity contribution in [2.24, 2.45) is 0 Å². The minimum atomic E-state index is -5.68. The van der Waals surface area contributed by atoms with Crippen molar-refractivity contribution in [3.8, 4) is 5.75 Å². The number of rotatable bonds is 2. The topological polar surface area (TPSA) is 9.23 Å². The SMILES string of the molecule is CC1Cc2cc(C(Cl)C(F)(F)C(F)(F)F)ccc2O1. The van der Waals surface area contributed by atoms with Crippen molar-refractivity contribution < 1.29 is 26.7 Å². The molecule has 0 saturated heterocycles. The highest BCUT2D eigenvalue weighted by Crippen LogP contribution is 2.48. The minimum Gasteiger partial charge on any atom is -0.490 e. The van der Waals surface area contributed by atoms with E-state index in [1.807, 2.05) is 0 Å². The molecule has 19 heavy (non-hydrogen) atoms. The molecule has 106 valence electrons. The van der Waals surface area contributed by atoms with Crippen molar-refractivity contribution in [3.63, 3.8) is 0 Å². The van der Waals surface area contributed by atoms with Crippen molar-refractivity contribution in [2.45, 2.75) is 36.9 Å². The van der Waals surface area contributed by atoms with Gasteiger partial charge in [-0.2, -0.15) is 22.0 Å². The lowest BCUT2D eigenvalue weighted by Crippen LogP contribution is -2.40. The second kappa shape index (κ2) is 4.51. The average molecular weight is 301 g/mol. The van der Waals surface area contributed by atoms with Gasteiger partial charge in [0.1, 0.15) is 17.2 Å². The van der Waals surface area contributed by atoms with E-state index in [0.29, 0.717) is 17.7 Å². The van der Waals surface area contributed by atoms with E-state index in [2.05, 4.69) is 0 Å². The van der Waals surface area contributed by atoms with E-state index in [4.69, 9.17) is 16.3 Å². The van der Waals surface area contributed by atoms with Crippen LogP contribution in [0.3, 0.4) is 0 Å². The number of fused-ring (bicyclic) bond motifs is 1. The summed E-state index contributed by atoms with van der Waals surface area (Å²) in [6.45, 7) is 1.78. The van der Waals surface area contributed by atoms with Crippen LogP contribution in [0.5, 0.6) is 5.75 Å². The highest BCUT2D eigenvalue weighted by atomic mass is 35.5. The van der Waals surface area contributed by atoms with Gasteiger partial charge in [0.25, 0.3) is 0 Å². The molecule has 1 aromatic carbocycles. The molecule has 0 bridgehead atoms. The van der Waals surface area contributed by atoms with Crippen LogP contribution >= 0.6 is 11.6 Å². The molecule has 0 amide bonds. The predicted octanol–water partition coefficient (Wildman–Crippen LogP) is 4.49. The summed E-state index contributed by atoms with van der Waals surface area (Å²) in [6.07, 6.45) is -5.34. The Morgan fingerprint density at radius 2 is 1.89 bits per heavy atom. The molecule has 0 N–H and O–H groups in total. The number of hydrogen-bond acceptors (Lipinski definition) is 1. The molecule has 2 atom stereocenters. The van der Waals surface area contributed by atoms with Gasteiger partial charge in [0.05, 0.1) is 0 Å². The second-order valence-corrected chi connectivity index (χ2v) is 4.92. The van der Waals surface area contributed by atoms with Crippen LogP contribution in [0.15, 0.2) is 18.2 Å². The molecule has 2 unspecified atom stereocenters. The first kappa shape index (κ1) is 14.4. The Bertz CT molecular complexity index is 485. The molecule has 7 heteroatoms. The standard InChI is InChI=1S/C12H10ClF5O/c1-6-4-8-5-7(2-3-9(8)19-6)10(13)11(14,15)12(16,17)18/h2-3,5-6,10H,4H2,1H3. The summed E-state index contributed by atoms with van der Waals surface area (Å²) in [5, 5.41) is -2.45. The van der Waals surface area contributed by atoms with E-state index in [9.17, 15) is 22.0 Å². The van der Waals surface area contributed by atoms with Crippen LogP contribution in [0.1, 0.15) is 23.4 Å². The summed E-state index contributed by atoms with van der Waals surface area (Å²) in [4.78, 5) is 0. The maximum Gasteiger partial charge on any atom is 0.455 e. The first-order chi connectivity index (χ1) is 8.63. The highest BCUT2D eigenvalue weighted by Gasteiger charge is 2.62. The number of alkyl halides is 6. The molecule has 0 aliphatic carbocycles. The summed E-state index contributed by atoms with van der Waals surface area (Å²) >= 11 is 5.31. The number of ether oxygens (including phenoxy) is 1. The highest BCUT2D eigenvalue weighted by molar-refractivity contribution is 6.21. The summed E-state index contributed by atoms with van der Waals surface area (Å²) in [7, 11) is 0. The molecule has 1 aliphatic heterocycles. The van der Waals surface area contributed by atoms with Crippen LogP contribution in [-0.4, -0.2) is 18.2 Å². The predicted molar refractivity (Wildman–Crippen MR) is 59.8 cm³/mol. The van der Waals surface area contributed by atoms with E-state index in [1.54, 1.807) is 6.92 Å².